The average Bonchev–Trinajstić information content (AvgIpc) is 2.65. The predicted molar refractivity (Wildman–Crippen MR) is 96.0 cm³/mol. The molecule has 0 saturated heterocycles. The van der Waals surface area contributed by atoms with Crippen LogP contribution in [0.3, 0.4) is 0 Å². The number of aryl methyl sites for hydroxylation is 1. The van der Waals surface area contributed by atoms with Crippen molar-refractivity contribution in [2.24, 2.45) is 0 Å². The number of nitrogens with zero attached hydrogens (tertiary/aromatic N) is 2. The zero-order valence-corrected chi connectivity index (χ0v) is 14.6. The van der Waals surface area contributed by atoms with E-state index in [0.717, 1.165) is 5.56 Å². The molecule has 0 fully saturated rings. The van der Waals surface area contributed by atoms with Crippen LogP contribution in [0.1, 0.15) is 27.9 Å². The Bertz CT molecular complexity index is 1030. The highest BCUT2D eigenvalue weighted by Crippen LogP contribution is 2.19. The van der Waals surface area contributed by atoms with Crippen LogP contribution < -0.4 is 4.72 Å². The summed E-state index contributed by atoms with van der Waals surface area (Å²) < 4.78 is 37.4. The molecule has 0 aliphatic rings. The molecular formula is C18H16FN3O3S. The molecule has 0 unspecified atom stereocenters. The van der Waals surface area contributed by atoms with E-state index in [1.807, 2.05) is 0 Å². The lowest BCUT2D eigenvalue weighted by atomic mass is 9.98. The van der Waals surface area contributed by atoms with Crippen LogP contribution in [0.25, 0.3) is 11.0 Å². The van der Waals surface area contributed by atoms with Crippen LogP contribution in [-0.2, 0) is 17.3 Å². The smallest absolute Gasteiger partial charge is 0.201 e. The van der Waals surface area contributed by atoms with Gasteiger partial charge in [0.15, 0.2) is 5.78 Å². The van der Waals surface area contributed by atoms with Crippen LogP contribution in [-0.4, -0.2) is 30.7 Å². The highest BCUT2D eigenvalue weighted by Gasteiger charge is 2.15. The Kier molecular flexibility index (Phi) is 5.65. The first-order valence-electron chi connectivity index (χ1n) is 7.96. The zero-order valence-electron chi connectivity index (χ0n) is 13.7. The monoisotopic (exact) mass is 373 g/mol. The number of ketones is 1. The average molecular weight is 373 g/mol. The molecule has 8 heteroatoms. The summed E-state index contributed by atoms with van der Waals surface area (Å²) in [5, 5.41) is 0. The summed E-state index contributed by atoms with van der Waals surface area (Å²) in [7, 11) is -2.62. The highest BCUT2D eigenvalue weighted by molar-refractivity contribution is 7.70. The summed E-state index contributed by atoms with van der Waals surface area (Å²) in [4.78, 5) is 21.0. The number of aromatic nitrogens is 2. The third kappa shape index (κ3) is 4.27. The number of hydrogen-bond donors (Lipinski definition) is 2. The standard InChI is InChI=1S/C18H16FN3O3S/c19-15-5-3-12(2-1-7-22-26(24)25)10-14(15)18(23)13-4-6-16-17(11-13)21-9-8-20-16/h3-6,8-11,26H,1-2,7H2,(H,22,24,25). The second-order valence-electron chi connectivity index (χ2n) is 5.67. The zero-order chi connectivity index (χ0) is 18.5. The van der Waals surface area contributed by atoms with Gasteiger partial charge in [-0.1, -0.05) is 6.07 Å². The summed E-state index contributed by atoms with van der Waals surface area (Å²) in [6.07, 6.45) is 4.17. The molecule has 26 heavy (non-hydrogen) atoms. The maximum absolute atomic E-state index is 14.2. The van der Waals surface area contributed by atoms with Gasteiger partial charge in [0.05, 0.1) is 16.6 Å². The fourth-order valence-electron chi connectivity index (χ4n) is 2.62. The van der Waals surface area contributed by atoms with Gasteiger partial charge in [-0.15, -0.1) is 0 Å². The molecule has 2 aromatic carbocycles. The van der Waals surface area contributed by atoms with Crippen molar-refractivity contribution < 1.29 is 17.6 Å². The lowest BCUT2D eigenvalue weighted by Crippen LogP contribution is -2.13. The van der Waals surface area contributed by atoms with Crippen molar-refractivity contribution in [3.63, 3.8) is 0 Å². The van der Waals surface area contributed by atoms with E-state index in [2.05, 4.69) is 14.7 Å². The molecule has 0 spiro atoms. The van der Waals surface area contributed by atoms with Crippen molar-refractivity contribution in [1.29, 1.82) is 0 Å². The molecule has 0 atom stereocenters. The number of rotatable bonds is 7. The maximum atomic E-state index is 14.2. The number of carbonyl (C=O) groups excluding carboxylic acids is 1. The number of halogens is 1. The Hall–Kier alpha value is -2.71. The Morgan fingerprint density at radius 3 is 2.58 bits per heavy atom. The van der Waals surface area contributed by atoms with Gasteiger partial charge in [-0.3, -0.25) is 14.8 Å². The topological polar surface area (TPSA) is 89.0 Å². The molecule has 0 amide bonds. The van der Waals surface area contributed by atoms with Gasteiger partial charge < -0.3 is 0 Å². The number of nitrogens with one attached hydrogen (secondary N) is 1. The van der Waals surface area contributed by atoms with E-state index < -0.39 is 22.5 Å². The van der Waals surface area contributed by atoms with E-state index in [1.165, 1.54) is 18.3 Å². The van der Waals surface area contributed by atoms with E-state index in [-0.39, 0.29) is 5.56 Å². The summed E-state index contributed by atoms with van der Waals surface area (Å²) >= 11 is 0. The van der Waals surface area contributed by atoms with E-state index >= 15 is 0 Å². The molecule has 1 heterocycles. The van der Waals surface area contributed by atoms with Crippen molar-refractivity contribution in [3.8, 4) is 0 Å². The van der Waals surface area contributed by atoms with Gasteiger partial charge in [0, 0.05) is 24.5 Å². The van der Waals surface area contributed by atoms with Gasteiger partial charge in [0.2, 0.25) is 10.9 Å². The molecule has 3 rings (SSSR count). The Balaban J connectivity index is 1.82. The lowest BCUT2D eigenvalue weighted by molar-refractivity contribution is 0.103. The van der Waals surface area contributed by atoms with E-state index in [0.29, 0.717) is 36.0 Å². The van der Waals surface area contributed by atoms with Gasteiger partial charge in [-0.05, 0) is 48.7 Å². The van der Waals surface area contributed by atoms with Crippen LogP contribution in [0, 0.1) is 5.82 Å². The van der Waals surface area contributed by atoms with Crippen molar-refractivity contribution in [1.82, 2.24) is 14.7 Å². The number of benzene rings is 2. The second kappa shape index (κ2) is 8.11. The first kappa shape index (κ1) is 18.1. The summed E-state index contributed by atoms with van der Waals surface area (Å²) in [6.45, 7) is 0.294. The van der Waals surface area contributed by atoms with Crippen molar-refractivity contribution in [2.45, 2.75) is 12.8 Å². The third-order valence-electron chi connectivity index (χ3n) is 3.89. The number of fused-ring (bicyclic) bond motifs is 1. The quantitative estimate of drug-likeness (QED) is 0.376. The van der Waals surface area contributed by atoms with E-state index in [9.17, 15) is 17.6 Å². The predicted octanol–water partition coefficient (Wildman–Crippen LogP) is 2.05. The normalized spacial score (nSPS) is 11.2. The minimum atomic E-state index is -2.62. The van der Waals surface area contributed by atoms with Gasteiger partial charge in [-0.2, -0.15) is 0 Å². The molecule has 0 saturated carbocycles. The summed E-state index contributed by atoms with van der Waals surface area (Å²) in [5.74, 6) is -1.03. The summed E-state index contributed by atoms with van der Waals surface area (Å²) in [5.41, 5.74) is 2.29. The Labute approximate surface area is 151 Å². The van der Waals surface area contributed by atoms with Gasteiger partial charge in [0.1, 0.15) is 5.82 Å². The molecule has 6 nitrogen and oxygen atoms in total. The van der Waals surface area contributed by atoms with Crippen LogP contribution >= 0.6 is 0 Å². The van der Waals surface area contributed by atoms with Crippen LogP contribution in [0.2, 0.25) is 0 Å². The highest BCUT2D eigenvalue weighted by atomic mass is 32.2. The fourth-order valence-corrected chi connectivity index (χ4v) is 2.97. The molecule has 1 aromatic heterocycles. The second-order valence-corrected chi connectivity index (χ2v) is 6.50. The van der Waals surface area contributed by atoms with Crippen LogP contribution in [0.4, 0.5) is 4.39 Å². The van der Waals surface area contributed by atoms with E-state index in [1.54, 1.807) is 30.5 Å². The van der Waals surface area contributed by atoms with Crippen molar-refractivity contribution >= 4 is 27.7 Å². The molecule has 1 N–H and O–H groups in total. The molecule has 3 aromatic rings. The van der Waals surface area contributed by atoms with Crippen LogP contribution in [0.5, 0.6) is 0 Å². The Morgan fingerprint density at radius 1 is 1.04 bits per heavy atom. The molecule has 0 aliphatic heterocycles. The SMILES string of the molecule is O=C(c1ccc2nccnc2c1)c1cc(CCCN[SH](=O)=O)ccc1F. The first-order valence-corrected chi connectivity index (χ1v) is 9.14. The minimum absolute atomic E-state index is 0.0198. The van der Waals surface area contributed by atoms with E-state index in [4.69, 9.17) is 0 Å². The molecule has 0 aliphatic carbocycles. The van der Waals surface area contributed by atoms with Gasteiger partial charge in [0.25, 0.3) is 0 Å². The third-order valence-corrected chi connectivity index (χ3v) is 4.37. The molecular weight excluding hydrogens is 357 g/mol. The van der Waals surface area contributed by atoms with Crippen molar-refractivity contribution in [2.75, 3.05) is 6.54 Å². The number of thiol groups is 1. The lowest BCUT2D eigenvalue weighted by Gasteiger charge is -2.07. The Morgan fingerprint density at radius 2 is 1.81 bits per heavy atom. The van der Waals surface area contributed by atoms with Crippen molar-refractivity contribution in [3.05, 3.63) is 71.3 Å². The first-order chi connectivity index (χ1) is 12.5. The largest absolute Gasteiger partial charge is 0.288 e. The minimum Gasteiger partial charge on any atom is -0.288 e. The van der Waals surface area contributed by atoms with Gasteiger partial charge >= 0.3 is 0 Å². The number of carbonyl (C=O) groups is 1. The number of hydrogen-bond acceptors (Lipinski definition) is 5. The molecule has 0 radical (unpaired) electrons. The summed E-state index contributed by atoms with van der Waals surface area (Å²) in [6, 6.07) is 9.22. The van der Waals surface area contributed by atoms with Crippen LogP contribution in [0.15, 0.2) is 48.8 Å². The molecule has 0 bridgehead atoms. The van der Waals surface area contributed by atoms with Gasteiger partial charge in [-0.25, -0.2) is 17.5 Å². The fraction of sp³-hybridized carbons (Fsp3) is 0.167. The molecule has 134 valence electrons. The maximum Gasteiger partial charge on any atom is 0.201 e.